The molecule has 0 spiro atoms. The summed E-state index contributed by atoms with van der Waals surface area (Å²) in [7, 11) is 3.18. The topological polar surface area (TPSA) is 56.6 Å². The van der Waals surface area contributed by atoms with Gasteiger partial charge in [-0.25, -0.2) is 4.68 Å². The first kappa shape index (κ1) is 19.5. The van der Waals surface area contributed by atoms with Crippen LogP contribution < -0.4 is 9.47 Å². The lowest BCUT2D eigenvalue weighted by Gasteiger charge is -2.18. The molecular weight excluding hydrogens is 354 g/mol. The molecular formula is C22H25N3O3. The third-order valence-corrected chi connectivity index (χ3v) is 4.67. The van der Waals surface area contributed by atoms with E-state index in [1.165, 1.54) is 0 Å². The molecule has 0 aliphatic heterocycles. The van der Waals surface area contributed by atoms with E-state index in [2.05, 4.69) is 0 Å². The SMILES string of the molecule is CCN(CC)C(=O)c1cn(-c2ccccc2)nc1-c1ccc(OC)c(OC)c1. The van der Waals surface area contributed by atoms with Gasteiger partial charge in [-0.2, -0.15) is 5.10 Å². The van der Waals surface area contributed by atoms with E-state index >= 15 is 0 Å². The van der Waals surface area contributed by atoms with Crippen molar-refractivity contribution in [1.82, 2.24) is 14.7 Å². The Balaban J connectivity index is 2.16. The number of amides is 1. The largest absolute Gasteiger partial charge is 0.493 e. The number of ether oxygens (including phenoxy) is 2. The second-order valence-electron chi connectivity index (χ2n) is 6.22. The lowest BCUT2D eigenvalue weighted by molar-refractivity contribution is 0.0773. The van der Waals surface area contributed by atoms with Gasteiger partial charge >= 0.3 is 0 Å². The number of para-hydroxylation sites is 1. The zero-order chi connectivity index (χ0) is 20.1. The van der Waals surface area contributed by atoms with Crippen LogP contribution in [0.4, 0.5) is 0 Å². The van der Waals surface area contributed by atoms with E-state index in [1.54, 1.807) is 30.0 Å². The summed E-state index contributed by atoms with van der Waals surface area (Å²) >= 11 is 0. The number of benzene rings is 2. The van der Waals surface area contributed by atoms with Gasteiger partial charge in [-0.15, -0.1) is 0 Å². The van der Waals surface area contributed by atoms with E-state index in [9.17, 15) is 4.79 Å². The Morgan fingerprint density at radius 1 is 1.00 bits per heavy atom. The van der Waals surface area contributed by atoms with Crippen molar-refractivity contribution in [3.8, 4) is 28.4 Å². The van der Waals surface area contributed by atoms with Gasteiger partial charge in [0.05, 0.1) is 25.5 Å². The molecule has 3 rings (SSSR count). The molecule has 0 radical (unpaired) electrons. The van der Waals surface area contributed by atoms with Gasteiger partial charge in [0, 0.05) is 24.8 Å². The predicted octanol–water partition coefficient (Wildman–Crippen LogP) is 4.04. The summed E-state index contributed by atoms with van der Waals surface area (Å²) in [6.07, 6.45) is 1.79. The van der Waals surface area contributed by atoms with Gasteiger partial charge in [0.2, 0.25) is 0 Å². The van der Waals surface area contributed by atoms with Crippen LogP contribution in [-0.4, -0.2) is 47.9 Å². The van der Waals surface area contributed by atoms with Crippen molar-refractivity contribution < 1.29 is 14.3 Å². The highest BCUT2D eigenvalue weighted by Gasteiger charge is 2.23. The fourth-order valence-electron chi connectivity index (χ4n) is 3.12. The van der Waals surface area contributed by atoms with Gasteiger partial charge in [0.1, 0.15) is 5.69 Å². The average molecular weight is 379 g/mol. The molecule has 6 heteroatoms. The number of nitrogens with zero attached hydrogens (tertiary/aromatic N) is 3. The Hall–Kier alpha value is -3.28. The Bertz CT molecular complexity index is 947. The van der Waals surface area contributed by atoms with Gasteiger partial charge in [-0.3, -0.25) is 4.79 Å². The molecule has 0 aliphatic rings. The summed E-state index contributed by atoms with van der Waals surface area (Å²) in [6.45, 7) is 5.21. The zero-order valence-electron chi connectivity index (χ0n) is 16.7. The fourth-order valence-corrected chi connectivity index (χ4v) is 3.12. The van der Waals surface area contributed by atoms with Crippen molar-refractivity contribution in [3.05, 3.63) is 60.3 Å². The molecule has 0 saturated carbocycles. The van der Waals surface area contributed by atoms with Crippen molar-refractivity contribution in [2.24, 2.45) is 0 Å². The monoisotopic (exact) mass is 379 g/mol. The highest BCUT2D eigenvalue weighted by molar-refractivity contribution is 6.00. The average Bonchev–Trinajstić information content (AvgIpc) is 3.20. The summed E-state index contributed by atoms with van der Waals surface area (Å²) in [5.74, 6) is 1.18. The maximum atomic E-state index is 13.1. The fraction of sp³-hybridized carbons (Fsp3) is 0.273. The molecule has 6 nitrogen and oxygen atoms in total. The quantitative estimate of drug-likeness (QED) is 0.622. The van der Waals surface area contributed by atoms with Crippen LogP contribution in [0.5, 0.6) is 11.5 Å². The van der Waals surface area contributed by atoms with Gasteiger partial charge in [-0.05, 0) is 44.2 Å². The number of carbonyl (C=O) groups excluding carboxylic acids is 1. The van der Waals surface area contributed by atoms with Crippen LogP contribution in [0.3, 0.4) is 0 Å². The number of methoxy groups -OCH3 is 2. The number of hydrogen-bond donors (Lipinski definition) is 0. The molecule has 0 saturated heterocycles. The second kappa shape index (κ2) is 8.61. The summed E-state index contributed by atoms with van der Waals surface area (Å²) in [4.78, 5) is 14.9. The van der Waals surface area contributed by atoms with Crippen molar-refractivity contribution in [3.63, 3.8) is 0 Å². The van der Waals surface area contributed by atoms with Gasteiger partial charge in [0.25, 0.3) is 5.91 Å². The first-order valence-electron chi connectivity index (χ1n) is 9.29. The van der Waals surface area contributed by atoms with Gasteiger partial charge in [0.15, 0.2) is 11.5 Å². The first-order chi connectivity index (χ1) is 13.6. The minimum absolute atomic E-state index is 0.0445. The molecule has 1 heterocycles. The third kappa shape index (κ3) is 3.71. The van der Waals surface area contributed by atoms with E-state index in [0.29, 0.717) is 35.8 Å². The number of carbonyl (C=O) groups is 1. The minimum atomic E-state index is -0.0445. The molecule has 2 aromatic carbocycles. The smallest absolute Gasteiger partial charge is 0.257 e. The predicted molar refractivity (Wildman–Crippen MR) is 109 cm³/mol. The van der Waals surface area contributed by atoms with Crippen molar-refractivity contribution >= 4 is 5.91 Å². The van der Waals surface area contributed by atoms with Gasteiger partial charge < -0.3 is 14.4 Å². The molecule has 1 amide bonds. The number of aromatic nitrogens is 2. The molecule has 28 heavy (non-hydrogen) atoms. The first-order valence-corrected chi connectivity index (χ1v) is 9.29. The van der Waals surface area contributed by atoms with Crippen LogP contribution in [0, 0.1) is 0 Å². The van der Waals surface area contributed by atoms with Crippen LogP contribution in [0.2, 0.25) is 0 Å². The molecule has 0 N–H and O–H groups in total. The Morgan fingerprint density at radius 3 is 2.29 bits per heavy atom. The summed E-state index contributed by atoms with van der Waals surface area (Å²) in [5.41, 5.74) is 2.85. The molecule has 3 aromatic rings. The van der Waals surface area contributed by atoms with Crippen LogP contribution in [-0.2, 0) is 0 Å². The zero-order valence-corrected chi connectivity index (χ0v) is 16.7. The normalized spacial score (nSPS) is 10.6. The molecule has 0 aliphatic carbocycles. The highest BCUT2D eigenvalue weighted by Crippen LogP contribution is 2.33. The summed E-state index contributed by atoms with van der Waals surface area (Å²) in [6, 6.07) is 15.3. The molecule has 0 fully saturated rings. The van der Waals surface area contributed by atoms with Crippen molar-refractivity contribution in [2.75, 3.05) is 27.3 Å². The Morgan fingerprint density at radius 2 is 1.68 bits per heavy atom. The summed E-state index contributed by atoms with van der Waals surface area (Å²) in [5, 5.41) is 4.73. The molecule has 0 bridgehead atoms. The maximum absolute atomic E-state index is 13.1. The van der Waals surface area contributed by atoms with Crippen LogP contribution in [0.15, 0.2) is 54.7 Å². The molecule has 1 aromatic heterocycles. The van der Waals surface area contributed by atoms with E-state index in [0.717, 1.165) is 11.3 Å². The minimum Gasteiger partial charge on any atom is -0.493 e. The van der Waals surface area contributed by atoms with Gasteiger partial charge in [-0.1, -0.05) is 18.2 Å². The molecule has 0 unspecified atom stereocenters. The molecule has 0 atom stereocenters. The Labute approximate surface area is 165 Å². The lowest BCUT2D eigenvalue weighted by Crippen LogP contribution is -2.30. The van der Waals surface area contributed by atoms with E-state index in [1.807, 2.05) is 62.4 Å². The van der Waals surface area contributed by atoms with E-state index in [-0.39, 0.29) is 5.91 Å². The summed E-state index contributed by atoms with van der Waals surface area (Å²) < 4.78 is 12.5. The third-order valence-electron chi connectivity index (χ3n) is 4.67. The highest BCUT2D eigenvalue weighted by atomic mass is 16.5. The number of rotatable bonds is 7. The van der Waals surface area contributed by atoms with Crippen molar-refractivity contribution in [1.29, 1.82) is 0 Å². The second-order valence-corrected chi connectivity index (χ2v) is 6.22. The van der Waals surface area contributed by atoms with Crippen molar-refractivity contribution in [2.45, 2.75) is 13.8 Å². The van der Waals surface area contributed by atoms with Crippen LogP contribution >= 0.6 is 0 Å². The van der Waals surface area contributed by atoms with E-state index in [4.69, 9.17) is 14.6 Å². The van der Waals surface area contributed by atoms with Crippen LogP contribution in [0.1, 0.15) is 24.2 Å². The van der Waals surface area contributed by atoms with Crippen LogP contribution in [0.25, 0.3) is 16.9 Å². The standard InChI is InChI=1S/C22H25N3O3/c1-5-24(6-2)22(26)18-15-25(17-10-8-7-9-11-17)23-21(18)16-12-13-19(27-3)20(14-16)28-4/h7-15H,5-6H2,1-4H3. The number of hydrogen-bond acceptors (Lipinski definition) is 4. The maximum Gasteiger partial charge on any atom is 0.257 e. The lowest BCUT2D eigenvalue weighted by atomic mass is 10.1. The Kier molecular flexibility index (Phi) is 5.99. The van der Waals surface area contributed by atoms with E-state index < -0.39 is 0 Å². The molecule has 146 valence electrons.